The summed E-state index contributed by atoms with van der Waals surface area (Å²) in [6.45, 7) is 16.5. The molecule has 0 unspecified atom stereocenters. The van der Waals surface area contributed by atoms with Crippen molar-refractivity contribution in [2.75, 3.05) is 46.0 Å². The summed E-state index contributed by atoms with van der Waals surface area (Å²) in [6, 6.07) is 23.1. The monoisotopic (exact) mass is 1840 g/mol. The number of ketones is 6. The van der Waals surface area contributed by atoms with Crippen molar-refractivity contribution in [2.24, 2.45) is 22.7 Å². The van der Waals surface area contributed by atoms with Crippen LogP contribution in [-0.2, 0) is 149 Å². The minimum absolute atomic E-state index is 0.0336. The Balaban J connectivity index is 0.000000227. The van der Waals surface area contributed by atoms with E-state index in [9.17, 15) is 81.8 Å². The maximum atomic E-state index is 15.4. The fraction of sp³-hybridized carbons (Fsp3) is 0.465. The molecule has 2 aliphatic carbocycles. The number of hydrogen-bond acceptors (Lipinski definition) is 23. The number of esters is 2. The first-order chi connectivity index (χ1) is 63.7. The number of aliphatic hydroxyl groups is 1. The number of aromatic nitrogens is 4. The van der Waals surface area contributed by atoms with Gasteiger partial charge in [-0.2, -0.15) is 0 Å². The lowest BCUT2D eigenvalue weighted by Crippen LogP contribution is -2.46. The Labute approximate surface area is 772 Å². The molecule has 0 fully saturated rings. The Morgan fingerprint density at radius 3 is 1.37 bits per heavy atom. The van der Waals surface area contributed by atoms with E-state index in [2.05, 4.69) is 31.9 Å². The van der Waals surface area contributed by atoms with Crippen LogP contribution in [0.1, 0.15) is 236 Å². The SMILES string of the molecule is CCC(=O)N[C@H]1CCc2c(C)c(F)cc3nc4c(c1c23)Cn1c-4cc2c(c1=O)COC(=O)[C@@]2(CC)OCCC(=O)CNC(=O)[C@@H](CC(=O)CNC(=O)CCC(=O)C(C)(C)C)Cc1ccccc1.CC[C@@]1(O)C(=O)OCc2c1cc1n(c2=O)Cc2c-1nc1cc(F)c(C)c3c1c2[C@@H](NC(=O)COCCC(=O)CNC(=O)[C@@H](CC(=O)CNC(=O)CCC(=O)C(C)(C)C)Cc1ccccc1)CC3. The Morgan fingerprint density at radius 1 is 0.507 bits per heavy atom. The number of cyclic esters (lactones) is 2. The highest BCUT2D eigenvalue weighted by Gasteiger charge is 2.50. The predicted octanol–water partition coefficient (Wildman–Crippen LogP) is 9.52. The molecule has 14 rings (SSSR count). The number of pyridine rings is 4. The number of nitrogens with one attached hydrogen (secondary N) is 6. The van der Waals surface area contributed by atoms with E-state index in [0.29, 0.717) is 87.1 Å². The average molecular weight is 1840 g/mol. The summed E-state index contributed by atoms with van der Waals surface area (Å²) in [5, 5.41) is 29.3. The fourth-order valence-electron chi connectivity index (χ4n) is 18.5. The van der Waals surface area contributed by atoms with Crippen LogP contribution < -0.4 is 43.0 Å². The molecule has 0 radical (unpaired) electrons. The zero-order chi connectivity index (χ0) is 96.7. The second-order valence-electron chi connectivity index (χ2n) is 37.3. The van der Waals surface area contributed by atoms with Crippen molar-refractivity contribution in [1.82, 2.24) is 51.0 Å². The number of fused-ring (bicyclic) bond motifs is 10. The normalized spacial score (nSPS) is 17.4. The highest BCUT2D eigenvalue weighted by molar-refractivity contribution is 5.99. The molecule has 0 spiro atoms. The van der Waals surface area contributed by atoms with Crippen molar-refractivity contribution in [1.29, 1.82) is 0 Å². The number of ether oxygens (including phenoxy) is 4. The van der Waals surface area contributed by atoms with Crippen LogP contribution in [0.15, 0.2) is 94.5 Å². The summed E-state index contributed by atoms with van der Waals surface area (Å²) >= 11 is 0. The number of benzene rings is 4. The van der Waals surface area contributed by atoms with Gasteiger partial charge in [-0.15, -0.1) is 0 Å². The third kappa shape index (κ3) is 21.3. The van der Waals surface area contributed by atoms with Crippen molar-refractivity contribution in [3.63, 3.8) is 0 Å². The molecule has 708 valence electrons. The van der Waals surface area contributed by atoms with Gasteiger partial charge in [-0.05, 0) is 122 Å². The van der Waals surface area contributed by atoms with Crippen LogP contribution >= 0.6 is 0 Å². The summed E-state index contributed by atoms with van der Waals surface area (Å²) in [7, 11) is 0. The quantitative estimate of drug-likeness (QED) is 0.0140. The van der Waals surface area contributed by atoms with Crippen LogP contribution in [0, 0.1) is 48.1 Å². The number of halogens is 2. The maximum absolute atomic E-state index is 15.4. The number of Topliss-reactive ketones (excluding diaryl/α,β-unsaturated/α-hetero) is 6. The highest BCUT2D eigenvalue weighted by Crippen LogP contribution is 2.49. The lowest BCUT2D eigenvalue weighted by atomic mass is 9.81. The van der Waals surface area contributed by atoms with Crippen molar-refractivity contribution >= 4 is 104 Å². The van der Waals surface area contributed by atoms with Gasteiger partial charge in [0.1, 0.15) is 43.0 Å². The van der Waals surface area contributed by atoms with Crippen LogP contribution in [0.3, 0.4) is 0 Å². The third-order valence-electron chi connectivity index (χ3n) is 26.3. The molecule has 7 N–H and O–H groups in total. The number of carbonyl (C=O) groups excluding carboxylic acids is 14. The van der Waals surface area contributed by atoms with Crippen molar-refractivity contribution in [3.05, 3.63) is 195 Å². The van der Waals surface area contributed by atoms with Crippen molar-refractivity contribution in [3.8, 4) is 22.8 Å². The summed E-state index contributed by atoms with van der Waals surface area (Å²) in [4.78, 5) is 219. The van der Waals surface area contributed by atoms with E-state index >= 15 is 8.78 Å². The topological polar surface area (TPSA) is 438 Å². The second-order valence-corrected chi connectivity index (χ2v) is 37.3. The maximum Gasteiger partial charge on any atom is 0.343 e. The van der Waals surface area contributed by atoms with Gasteiger partial charge in [-0.3, -0.25) is 67.1 Å². The fourth-order valence-corrected chi connectivity index (χ4v) is 18.5. The molecule has 4 aliphatic heterocycles. The number of carbonyl (C=O) groups is 14. The first kappa shape index (κ1) is 98.6. The lowest BCUT2D eigenvalue weighted by Gasteiger charge is -2.36. The van der Waals surface area contributed by atoms with Gasteiger partial charge >= 0.3 is 11.9 Å². The zero-order valence-electron chi connectivity index (χ0n) is 77.3. The third-order valence-corrected chi connectivity index (χ3v) is 26.3. The Kier molecular flexibility index (Phi) is 30.4. The van der Waals surface area contributed by atoms with E-state index in [0.717, 1.165) is 38.8 Å². The number of hydrogen-bond donors (Lipinski definition) is 7. The van der Waals surface area contributed by atoms with Crippen molar-refractivity contribution < 1.29 is 100.0 Å². The van der Waals surface area contributed by atoms with Gasteiger partial charge < -0.3 is 65.1 Å². The number of nitrogens with zero attached hydrogens (tertiary/aromatic N) is 4. The number of aryl methyl sites for hydroxylation is 2. The molecule has 8 aromatic rings. The molecule has 31 nitrogen and oxygen atoms in total. The summed E-state index contributed by atoms with van der Waals surface area (Å²) in [6.07, 6.45) is 1.80. The summed E-state index contributed by atoms with van der Waals surface area (Å²) < 4.78 is 56.4. The van der Waals surface area contributed by atoms with Gasteiger partial charge in [0.05, 0.1) is 110 Å². The predicted molar refractivity (Wildman–Crippen MR) is 487 cm³/mol. The minimum atomic E-state index is -2.03. The lowest BCUT2D eigenvalue weighted by molar-refractivity contribution is -0.181. The summed E-state index contributed by atoms with van der Waals surface area (Å²) in [5.74, 6) is -8.45. The van der Waals surface area contributed by atoms with Crippen LogP contribution in [0.4, 0.5) is 8.78 Å². The number of rotatable bonds is 38. The first-order valence-electron chi connectivity index (χ1n) is 45.7. The van der Waals surface area contributed by atoms with Crippen LogP contribution in [-0.4, -0.2) is 152 Å². The molecule has 0 bridgehead atoms. The van der Waals surface area contributed by atoms with Crippen LogP contribution in [0.5, 0.6) is 0 Å². The van der Waals surface area contributed by atoms with E-state index in [1.807, 2.05) is 36.4 Å². The Hall–Kier alpha value is -12.9. The molecule has 6 amide bonds. The molecule has 8 heterocycles. The van der Waals surface area contributed by atoms with E-state index in [4.69, 9.17) is 28.9 Å². The van der Waals surface area contributed by atoms with Gasteiger partial charge in [-0.25, -0.2) is 28.3 Å². The molecular weight excluding hydrogens is 1730 g/mol. The summed E-state index contributed by atoms with van der Waals surface area (Å²) in [5.41, 5.74) is 4.23. The first-order valence-corrected chi connectivity index (χ1v) is 45.7. The zero-order valence-corrected chi connectivity index (χ0v) is 77.3. The largest absolute Gasteiger partial charge is 0.458 e. The molecule has 4 aromatic carbocycles. The van der Waals surface area contributed by atoms with Gasteiger partial charge in [0.15, 0.2) is 34.3 Å². The molecule has 0 saturated carbocycles. The highest BCUT2D eigenvalue weighted by atomic mass is 19.1. The van der Waals surface area contributed by atoms with Crippen LogP contribution in [0.25, 0.3) is 44.6 Å². The Bertz CT molecular complexity index is 6230. The van der Waals surface area contributed by atoms with Gasteiger partial charge in [0.25, 0.3) is 11.1 Å². The van der Waals surface area contributed by atoms with Gasteiger partial charge in [-0.1, -0.05) is 123 Å². The van der Waals surface area contributed by atoms with E-state index in [-0.39, 0.29) is 194 Å². The standard InChI is InChI=1S/C51H58FN5O10.C50H56FN5O11/c1-7-42(61)55-38-15-14-33-28(3)37(52)23-39-44(33)45(38)34-26-57-40(46(34)56-39)22-36-35(48(57)64)27-66-49(65)51(36,8-2)67-19-18-31(58)24-54-47(63)30(20-29-12-10-9-11-13-29)21-32(59)25-53-43(62)17-16-41(60)50(4,5)6;1-6-50(65)35-20-39-45-33(24-56(39)47(63)34(35)25-67-48(50)64)44-37(13-12-32-27(2)36(51)21-38(55-45)43(32)44)54-42(61)26-66-17-16-30(57)22-53-46(62)29(18-28-10-8-7-9-11-28)19-31(58)23-52-41(60)15-14-40(59)49(3,4)5/h9-13,22-23,30,38H,7-8,14-21,24-27H2,1-6H3,(H,53,62)(H,54,63)(H,55,61);7-11,20-21,29,37,65H,6,12-19,22-26H2,1-5H3,(H,52,60)(H,53,62)(H,54,61)/t30-,38+,51+;29-,37+,50+/m11/s1. The van der Waals surface area contributed by atoms with Gasteiger partial charge in [0, 0.05) is 126 Å². The molecule has 4 aromatic heterocycles. The molecular formula is C101H114F2N10O21. The van der Waals surface area contributed by atoms with E-state index in [1.165, 1.54) is 16.7 Å². The second kappa shape index (κ2) is 41.3. The van der Waals surface area contributed by atoms with Gasteiger partial charge in [0.2, 0.25) is 35.4 Å². The number of amides is 6. The smallest absolute Gasteiger partial charge is 0.343 e. The molecule has 134 heavy (non-hydrogen) atoms. The molecule has 6 aliphatic rings. The minimum Gasteiger partial charge on any atom is -0.458 e. The Morgan fingerprint density at radius 2 is 0.933 bits per heavy atom. The molecule has 33 heteroatoms. The molecule has 0 saturated heterocycles. The van der Waals surface area contributed by atoms with E-state index in [1.54, 1.807) is 117 Å². The van der Waals surface area contributed by atoms with E-state index < -0.39 is 135 Å². The van der Waals surface area contributed by atoms with Crippen molar-refractivity contribution in [2.45, 2.75) is 235 Å². The average Bonchev–Trinajstić information content (AvgIpc) is 1.53. The molecule has 6 atom stereocenters. The van der Waals surface area contributed by atoms with Crippen LogP contribution in [0.2, 0.25) is 0 Å².